The van der Waals surface area contributed by atoms with Crippen LogP contribution in [0.5, 0.6) is 5.75 Å². The number of alkyl halides is 2. The number of sulfonamides is 1. The van der Waals surface area contributed by atoms with Crippen molar-refractivity contribution >= 4 is 39.1 Å². The number of anilines is 2. The fourth-order valence-electron chi connectivity index (χ4n) is 5.97. The molecular formula is C29H33F3N2O6S2. The first-order valence-electron chi connectivity index (χ1n) is 14.0. The Bertz CT molecular complexity index is 1460. The number of likely N-dealkylation sites (N-methyl/N-ethyl adjacent to an activating group) is 1. The predicted octanol–water partition coefficient (Wildman–Crippen LogP) is 5.53. The van der Waals surface area contributed by atoms with Crippen LogP contribution in [-0.4, -0.2) is 74.9 Å². The molecule has 2 saturated carbocycles. The first kappa shape index (κ1) is 29.6. The van der Waals surface area contributed by atoms with Crippen LogP contribution in [0.3, 0.4) is 0 Å². The molecular weight excluding hydrogens is 593 g/mol. The quantitative estimate of drug-likeness (QED) is 0.368. The molecule has 8 nitrogen and oxygen atoms in total. The highest BCUT2D eigenvalue weighted by Crippen LogP contribution is 2.65. The van der Waals surface area contributed by atoms with E-state index in [-0.39, 0.29) is 43.4 Å². The van der Waals surface area contributed by atoms with Gasteiger partial charge in [-0.2, -0.15) is 4.31 Å². The van der Waals surface area contributed by atoms with Crippen LogP contribution in [0.2, 0.25) is 0 Å². The molecule has 2 heterocycles. The third kappa shape index (κ3) is 5.48. The Morgan fingerprint density at radius 1 is 1.19 bits per heavy atom. The molecule has 1 N–H and O–H groups in total. The molecule has 2 aliphatic heterocycles. The van der Waals surface area contributed by atoms with Gasteiger partial charge < -0.3 is 19.5 Å². The Kier molecular flexibility index (Phi) is 7.68. The second-order valence-electron chi connectivity index (χ2n) is 12.0. The number of fused-ring (bicyclic) bond motifs is 1. The van der Waals surface area contributed by atoms with Gasteiger partial charge in [-0.1, -0.05) is 0 Å². The molecule has 2 aliphatic carbocycles. The van der Waals surface area contributed by atoms with Crippen LogP contribution in [0.15, 0.2) is 46.2 Å². The SMILES string of the molecule is CN1[C@@H](CCC(F)F)CN(c2ccc(F)cc2)c2cc(SC3CC4(CC4)C3)c(OCC3(C(=O)O)COC3)cc2S1(=O)=O. The van der Waals surface area contributed by atoms with Gasteiger partial charge in [0.1, 0.15) is 28.5 Å². The Labute approximate surface area is 247 Å². The maximum Gasteiger partial charge on any atom is 0.317 e. The van der Waals surface area contributed by atoms with Crippen molar-refractivity contribution in [2.24, 2.45) is 10.8 Å². The number of ether oxygens (including phenoxy) is 2. The Balaban J connectivity index is 1.43. The van der Waals surface area contributed by atoms with Crippen LogP contribution < -0.4 is 9.64 Å². The van der Waals surface area contributed by atoms with Gasteiger partial charge >= 0.3 is 5.97 Å². The monoisotopic (exact) mass is 626 g/mol. The van der Waals surface area contributed by atoms with Gasteiger partial charge in [-0.05, 0) is 67.9 Å². The van der Waals surface area contributed by atoms with E-state index in [1.54, 1.807) is 22.7 Å². The lowest BCUT2D eigenvalue weighted by molar-refractivity contribution is -0.185. The summed E-state index contributed by atoms with van der Waals surface area (Å²) in [5.41, 5.74) is 0.0555. The smallest absolute Gasteiger partial charge is 0.317 e. The van der Waals surface area contributed by atoms with E-state index in [1.807, 2.05) is 0 Å². The fraction of sp³-hybridized carbons (Fsp3) is 0.552. The van der Waals surface area contributed by atoms with Gasteiger partial charge in [0.2, 0.25) is 16.4 Å². The summed E-state index contributed by atoms with van der Waals surface area (Å²) >= 11 is 1.58. The number of benzene rings is 2. The summed E-state index contributed by atoms with van der Waals surface area (Å²) in [6.07, 6.45) is 1.36. The van der Waals surface area contributed by atoms with E-state index < -0.39 is 46.1 Å². The molecule has 0 aromatic heterocycles. The highest BCUT2D eigenvalue weighted by atomic mass is 32.2. The number of hydrogen-bond donors (Lipinski definition) is 1. The molecule has 2 aromatic carbocycles. The maximum absolute atomic E-state index is 14.0. The summed E-state index contributed by atoms with van der Waals surface area (Å²) in [5, 5.41) is 10.1. The number of hydrogen-bond acceptors (Lipinski definition) is 7. The molecule has 228 valence electrons. The molecule has 1 atom stereocenters. The number of rotatable bonds is 10. The van der Waals surface area contributed by atoms with E-state index in [9.17, 15) is 31.5 Å². The Hall–Kier alpha value is -2.48. The average molecular weight is 627 g/mol. The summed E-state index contributed by atoms with van der Waals surface area (Å²) in [6, 6.07) is 8.00. The summed E-state index contributed by atoms with van der Waals surface area (Å²) in [4.78, 5) is 14.3. The van der Waals surface area contributed by atoms with Gasteiger partial charge in [0.25, 0.3) is 0 Å². The normalized spacial score (nSPS) is 24.0. The zero-order valence-electron chi connectivity index (χ0n) is 23.1. The summed E-state index contributed by atoms with van der Waals surface area (Å²) in [5.74, 6) is -1.26. The molecule has 4 aliphatic rings. The van der Waals surface area contributed by atoms with E-state index >= 15 is 0 Å². The van der Waals surface area contributed by atoms with E-state index in [0.29, 0.717) is 26.9 Å². The maximum atomic E-state index is 14.0. The lowest BCUT2D eigenvalue weighted by atomic mass is 9.81. The number of carboxylic acid groups (broad SMARTS) is 1. The standard InChI is InChI=1S/C29H33F3N2O6S2/c1-33-20(6-7-26(31)32)14-34(19-4-2-18(30)3-5-19)22-10-24(41-21-12-28(13-21)8-9-28)23(11-25(22)42(33,37)38)40-17-29(27(35)36)15-39-16-29/h2-5,10-11,20-21,26H,6-9,12-17H2,1H3,(H,35,36)/t20-/m0/s1. The van der Waals surface area contributed by atoms with Crippen molar-refractivity contribution in [3.8, 4) is 5.75 Å². The van der Waals surface area contributed by atoms with Crippen LogP contribution >= 0.6 is 11.8 Å². The van der Waals surface area contributed by atoms with Crippen molar-refractivity contribution < 1.29 is 41.0 Å². The largest absolute Gasteiger partial charge is 0.491 e. The molecule has 1 saturated heterocycles. The lowest BCUT2D eigenvalue weighted by Crippen LogP contribution is -2.53. The summed E-state index contributed by atoms with van der Waals surface area (Å²) < 4.78 is 80.8. The van der Waals surface area contributed by atoms with Crippen molar-refractivity contribution in [3.63, 3.8) is 0 Å². The third-order valence-corrected chi connectivity index (χ3v) is 12.2. The second-order valence-corrected chi connectivity index (χ2v) is 15.3. The first-order chi connectivity index (χ1) is 19.9. The number of nitrogens with zero attached hydrogens (tertiary/aromatic N) is 2. The number of halogens is 3. The summed E-state index contributed by atoms with van der Waals surface area (Å²) in [6.45, 7) is -0.132. The highest BCUT2D eigenvalue weighted by molar-refractivity contribution is 8.00. The minimum absolute atomic E-state index is 0.00784. The molecule has 2 aromatic rings. The van der Waals surface area contributed by atoms with Crippen molar-refractivity contribution in [1.29, 1.82) is 0 Å². The highest BCUT2D eigenvalue weighted by Gasteiger charge is 2.53. The van der Waals surface area contributed by atoms with E-state index in [4.69, 9.17) is 9.47 Å². The fourth-order valence-corrected chi connectivity index (χ4v) is 9.18. The minimum Gasteiger partial charge on any atom is -0.491 e. The van der Waals surface area contributed by atoms with Gasteiger partial charge in [0, 0.05) is 43.1 Å². The van der Waals surface area contributed by atoms with Gasteiger partial charge in [-0.25, -0.2) is 21.6 Å². The molecule has 42 heavy (non-hydrogen) atoms. The average Bonchev–Trinajstić information content (AvgIpc) is 3.70. The molecule has 0 unspecified atom stereocenters. The molecule has 6 rings (SSSR count). The van der Waals surface area contributed by atoms with Crippen molar-refractivity contribution in [2.45, 2.75) is 66.0 Å². The zero-order valence-corrected chi connectivity index (χ0v) is 24.7. The third-order valence-electron chi connectivity index (χ3n) is 9.02. The van der Waals surface area contributed by atoms with E-state index in [2.05, 4.69) is 0 Å². The number of thioether (sulfide) groups is 1. The van der Waals surface area contributed by atoms with Crippen LogP contribution in [0.4, 0.5) is 24.5 Å². The molecule has 1 spiro atoms. The predicted molar refractivity (Wildman–Crippen MR) is 151 cm³/mol. The number of aliphatic carboxylic acids is 1. The van der Waals surface area contributed by atoms with Gasteiger partial charge in [0.15, 0.2) is 0 Å². The van der Waals surface area contributed by atoms with E-state index in [1.165, 1.54) is 50.2 Å². The van der Waals surface area contributed by atoms with E-state index in [0.717, 1.165) is 17.1 Å². The number of carboxylic acids is 1. The summed E-state index contributed by atoms with van der Waals surface area (Å²) in [7, 11) is -2.81. The minimum atomic E-state index is -4.19. The van der Waals surface area contributed by atoms with Crippen LogP contribution in [0, 0.1) is 16.6 Å². The molecule has 0 amide bonds. The number of carbonyl (C=O) groups is 1. The van der Waals surface area contributed by atoms with Crippen LogP contribution in [0.25, 0.3) is 0 Å². The molecule has 0 radical (unpaired) electrons. The van der Waals surface area contributed by atoms with Crippen LogP contribution in [0.1, 0.15) is 38.5 Å². The van der Waals surface area contributed by atoms with Crippen molar-refractivity contribution in [2.75, 3.05) is 38.3 Å². The lowest BCUT2D eigenvalue weighted by Gasteiger charge is -2.38. The van der Waals surface area contributed by atoms with Crippen LogP contribution in [-0.2, 0) is 19.6 Å². The molecule has 3 fully saturated rings. The zero-order chi connectivity index (χ0) is 29.9. The first-order valence-corrected chi connectivity index (χ1v) is 16.3. The Morgan fingerprint density at radius 3 is 2.45 bits per heavy atom. The van der Waals surface area contributed by atoms with Gasteiger partial charge in [0.05, 0.1) is 23.8 Å². The Morgan fingerprint density at radius 2 is 1.88 bits per heavy atom. The molecule has 0 bridgehead atoms. The van der Waals surface area contributed by atoms with Gasteiger partial charge in [-0.3, -0.25) is 4.79 Å². The second kappa shape index (κ2) is 10.9. The topological polar surface area (TPSA) is 96.4 Å². The van der Waals surface area contributed by atoms with Gasteiger partial charge in [-0.15, -0.1) is 11.8 Å². The van der Waals surface area contributed by atoms with Crippen molar-refractivity contribution in [3.05, 3.63) is 42.2 Å². The molecule has 13 heteroatoms. The van der Waals surface area contributed by atoms with Crippen molar-refractivity contribution in [1.82, 2.24) is 4.31 Å².